The van der Waals surface area contributed by atoms with Crippen molar-refractivity contribution < 1.29 is 28.9 Å². The molecule has 0 saturated heterocycles. The summed E-state index contributed by atoms with van der Waals surface area (Å²) in [4.78, 5) is 27.3. The van der Waals surface area contributed by atoms with E-state index in [1.165, 1.54) is 13.2 Å². The van der Waals surface area contributed by atoms with E-state index in [9.17, 15) is 14.7 Å². The number of Topliss-reactive ketones (excluding diaryl/α,β-unsaturated/α-hetero) is 1. The van der Waals surface area contributed by atoms with Gasteiger partial charge in [-0.15, -0.1) is 0 Å². The average molecular weight is 560 g/mol. The Bertz CT molecular complexity index is 1480. The van der Waals surface area contributed by atoms with Crippen molar-refractivity contribution in [1.82, 2.24) is 5.32 Å². The third kappa shape index (κ3) is 5.70. The minimum atomic E-state index is -0.688. The minimum Gasteiger partial charge on any atom is -0.504 e. The molecule has 3 aromatic rings. The van der Waals surface area contributed by atoms with E-state index >= 15 is 0 Å². The molecule has 0 saturated carbocycles. The molecule has 2 aliphatic rings. The molecule has 2 N–H and O–H groups in total. The number of carbonyl (C=O) groups excluding carboxylic acids is 2. The number of carbonyl (C=O) groups is 2. The quantitative estimate of drug-likeness (QED) is 0.257. The van der Waals surface area contributed by atoms with Gasteiger partial charge in [0, 0.05) is 34.3 Å². The van der Waals surface area contributed by atoms with Crippen LogP contribution in [0.25, 0.3) is 0 Å². The smallest absolute Gasteiger partial charge is 0.336 e. The van der Waals surface area contributed by atoms with Crippen molar-refractivity contribution in [3.05, 3.63) is 111 Å². The summed E-state index contributed by atoms with van der Waals surface area (Å²) in [5.41, 5.74) is 3.91. The Labute approximate surface area is 238 Å². The van der Waals surface area contributed by atoms with Gasteiger partial charge in [0.25, 0.3) is 0 Å². The van der Waals surface area contributed by atoms with Gasteiger partial charge in [0.1, 0.15) is 19.0 Å². The highest BCUT2D eigenvalue weighted by Gasteiger charge is 2.41. The number of allylic oxidation sites excluding steroid dienone is 3. The monoisotopic (exact) mass is 559 g/mol. The first-order chi connectivity index (χ1) is 19.4. The number of phenolic OH excluding ortho intramolecular Hbond substituents is 1. The summed E-state index contributed by atoms with van der Waals surface area (Å²) in [6, 6.07) is 21.7. The number of ether oxygens (including phenoxy) is 3. The minimum absolute atomic E-state index is 0.0255. The lowest BCUT2D eigenvalue weighted by atomic mass is 9.71. The van der Waals surface area contributed by atoms with Crippen LogP contribution in [0, 0.1) is 0 Å². The van der Waals surface area contributed by atoms with Crippen molar-refractivity contribution in [1.29, 1.82) is 0 Å². The second-order valence-corrected chi connectivity index (χ2v) is 10.2. The van der Waals surface area contributed by atoms with Crippen LogP contribution in [-0.4, -0.2) is 37.2 Å². The number of benzene rings is 3. The average Bonchev–Trinajstić information content (AvgIpc) is 2.95. The van der Waals surface area contributed by atoms with Crippen LogP contribution >= 0.6 is 11.6 Å². The van der Waals surface area contributed by atoms with Gasteiger partial charge >= 0.3 is 5.97 Å². The SMILES string of the molecule is COc1cc([C@@H]2C(C(=O)OCCOc3ccccc3)=C(C)NC3=C2C(=O)C[C@@H](c2ccc(Cl)cc2)C3)ccc1O. The van der Waals surface area contributed by atoms with Crippen molar-refractivity contribution in [3.63, 3.8) is 0 Å². The molecule has 3 aromatic carbocycles. The molecule has 0 amide bonds. The van der Waals surface area contributed by atoms with Gasteiger partial charge in [-0.25, -0.2) is 4.79 Å². The van der Waals surface area contributed by atoms with E-state index in [-0.39, 0.29) is 36.4 Å². The highest BCUT2D eigenvalue weighted by Crippen LogP contribution is 2.47. The van der Waals surface area contributed by atoms with Crippen molar-refractivity contribution in [3.8, 4) is 17.2 Å². The Balaban J connectivity index is 1.45. The number of halogens is 1. The van der Waals surface area contributed by atoms with Gasteiger partial charge in [0.2, 0.25) is 0 Å². The molecule has 0 bridgehead atoms. The lowest BCUT2D eigenvalue weighted by Gasteiger charge is -2.36. The van der Waals surface area contributed by atoms with E-state index in [0.717, 1.165) is 11.3 Å². The Hall–Kier alpha value is -4.23. The molecule has 7 nitrogen and oxygen atoms in total. The number of para-hydroxylation sites is 1. The van der Waals surface area contributed by atoms with E-state index in [0.29, 0.717) is 46.0 Å². The van der Waals surface area contributed by atoms with Crippen LogP contribution in [0.1, 0.15) is 42.7 Å². The number of hydrogen-bond acceptors (Lipinski definition) is 7. The number of aromatic hydroxyl groups is 1. The molecule has 5 rings (SSSR count). The van der Waals surface area contributed by atoms with Gasteiger partial charge in [-0.1, -0.05) is 48.0 Å². The van der Waals surface area contributed by atoms with Gasteiger partial charge < -0.3 is 24.6 Å². The van der Waals surface area contributed by atoms with Crippen LogP contribution in [0.4, 0.5) is 0 Å². The third-order valence-corrected chi connectivity index (χ3v) is 7.51. The maximum atomic E-state index is 13.8. The first-order valence-electron chi connectivity index (χ1n) is 13.1. The zero-order chi connectivity index (χ0) is 28.2. The second kappa shape index (κ2) is 11.9. The predicted molar refractivity (Wildman–Crippen MR) is 152 cm³/mol. The fraction of sp³-hybridized carbons (Fsp3) is 0.250. The van der Waals surface area contributed by atoms with Crippen LogP contribution < -0.4 is 14.8 Å². The van der Waals surface area contributed by atoms with E-state index in [4.69, 9.17) is 25.8 Å². The molecular formula is C32H30ClNO6. The van der Waals surface area contributed by atoms with Crippen LogP contribution in [0.15, 0.2) is 95.3 Å². The summed E-state index contributed by atoms with van der Waals surface area (Å²) in [5, 5.41) is 14.2. The Morgan fingerprint density at radius 3 is 2.45 bits per heavy atom. The number of ketones is 1. The van der Waals surface area contributed by atoms with Gasteiger partial charge in [-0.05, 0) is 66.8 Å². The van der Waals surface area contributed by atoms with Gasteiger partial charge in [-0.3, -0.25) is 4.79 Å². The maximum absolute atomic E-state index is 13.8. The van der Waals surface area contributed by atoms with Crippen LogP contribution in [-0.2, 0) is 14.3 Å². The maximum Gasteiger partial charge on any atom is 0.336 e. The zero-order valence-corrected chi connectivity index (χ0v) is 23.0. The van der Waals surface area contributed by atoms with E-state index in [1.54, 1.807) is 12.1 Å². The molecule has 0 spiro atoms. The molecule has 0 radical (unpaired) electrons. The third-order valence-electron chi connectivity index (χ3n) is 7.25. The first kappa shape index (κ1) is 27.3. The number of methoxy groups -OCH3 is 1. The highest BCUT2D eigenvalue weighted by atomic mass is 35.5. The molecule has 40 heavy (non-hydrogen) atoms. The van der Waals surface area contributed by atoms with Crippen molar-refractivity contribution >= 4 is 23.4 Å². The largest absolute Gasteiger partial charge is 0.504 e. The predicted octanol–water partition coefficient (Wildman–Crippen LogP) is 6.04. The topological polar surface area (TPSA) is 94.1 Å². The molecular weight excluding hydrogens is 530 g/mol. The first-order valence-corrected chi connectivity index (χ1v) is 13.4. The lowest BCUT2D eigenvalue weighted by Crippen LogP contribution is -2.36. The normalized spacial score (nSPS) is 18.6. The molecule has 2 atom stereocenters. The number of rotatable bonds is 8. The number of hydrogen-bond donors (Lipinski definition) is 2. The number of dihydropyridines is 1. The van der Waals surface area contributed by atoms with Gasteiger partial charge in [-0.2, -0.15) is 0 Å². The van der Waals surface area contributed by atoms with Crippen LogP contribution in [0.5, 0.6) is 17.2 Å². The van der Waals surface area contributed by atoms with Crippen molar-refractivity contribution in [2.24, 2.45) is 0 Å². The Kier molecular flexibility index (Phi) is 8.12. The summed E-state index contributed by atoms with van der Waals surface area (Å²) < 4.78 is 16.6. The molecule has 206 valence electrons. The highest BCUT2D eigenvalue weighted by molar-refractivity contribution is 6.30. The summed E-state index contributed by atoms with van der Waals surface area (Å²) >= 11 is 6.08. The lowest BCUT2D eigenvalue weighted by molar-refractivity contribution is -0.140. The molecule has 0 unspecified atom stereocenters. The van der Waals surface area contributed by atoms with Gasteiger partial charge in [0.15, 0.2) is 17.3 Å². The van der Waals surface area contributed by atoms with E-state index in [1.807, 2.05) is 61.5 Å². The molecule has 0 aromatic heterocycles. The van der Waals surface area contributed by atoms with E-state index in [2.05, 4.69) is 5.32 Å². The summed E-state index contributed by atoms with van der Waals surface area (Å²) in [5.74, 6) is -0.416. The fourth-order valence-corrected chi connectivity index (χ4v) is 5.50. The molecule has 0 fully saturated rings. The van der Waals surface area contributed by atoms with Crippen LogP contribution in [0.3, 0.4) is 0 Å². The number of nitrogens with one attached hydrogen (secondary N) is 1. The summed E-state index contributed by atoms with van der Waals surface area (Å²) in [6.45, 7) is 2.03. The van der Waals surface area contributed by atoms with Crippen molar-refractivity contribution in [2.45, 2.75) is 31.6 Å². The summed E-state index contributed by atoms with van der Waals surface area (Å²) in [6.07, 6.45) is 0.888. The number of phenols is 1. The van der Waals surface area contributed by atoms with Crippen molar-refractivity contribution in [2.75, 3.05) is 20.3 Å². The summed E-state index contributed by atoms with van der Waals surface area (Å²) in [7, 11) is 1.46. The molecule has 1 aliphatic carbocycles. The number of esters is 1. The molecule has 1 heterocycles. The Morgan fingerprint density at radius 1 is 1.00 bits per heavy atom. The van der Waals surface area contributed by atoms with Gasteiger partial charge in [0.05, 0.1) is 12.7 Å². The standard InChI is InChI=1S/C32H30ClNO6/c1-19-29(32(37)40-15-14-39-24-6-4-3-5-7-24)30(21-10-13-26(35)28(18-21)38-2)31-25(34-19)16-22(17-27(31)36)20-8-11-23(33)12-9-20/h3-13,18,22,30,34-35H,14-17H2,1-2H3/t22-,30+/m0/s1. The Morgan fingerprint density at radius 2 is 1.73 bits per heavy atom. The second-order valence-electron chi connectivity index (χ2n) is 9.80. The zero-order valence-electron chi connectivity index (χ0n) is 22.3. The van der Waals surface area contributed by atoms with Crippen LogP contribution in [0.2, 0.25) is 5.02 Å². The molecule has 1 aliphatic heterocycles. The fourth-order valence-electron chi connectivity index (χ4n) is 5.38. The molecule has 8 heteroatoms. The van der Waals surface area contributed by atoms with E-state index < -0.39 is 11.9 Å².